The van der Waals surface area contributed by atoms with Crippen LogP contribution in [0.25, 0.3) is 0 Å². The molecule has 0 aliphatic rings. The molecule has 0 saturated heterocycles. The van der Waals surface area contributed by atoms with Gasteiger partial charge >= 0.3 is 5.97 Å². The van der Waals surface area contributed by atoms with Crippen molar-refractivity contribution in [1.29, 1.82) is 0 Å². The number of nitrogens with zero attached hydrogens (tertiary/aromatic N) is 2. The van der Waals surface area contributed by atoms with Crippen LogP contribution in [0.3, 0.4) is 0 Å². The lowest BCUT2D eigenvalue weighted by Gasteiger charge is -2.16. The summed E-state index contributed by atoms with van der Waals surface area (Å²) in [6.07, 6.45) is 0. The predicted octanol–water partition coefficient (Wildman–Crippen LogP) is 2.61. The fourth-order valence-electron chi connectivity index (χ4n) is 1.75. The highest BCUT2D eigenvalue weighted by molar-refractivity contribution is 7.07. The lowest BCUT2D eigenvalue weighted by Crippen LogP contribution is -2.18. The molecule has 1 aromatic heterocycles. The number of carboxylic acids is 1. The van der Waals surface area contributed by atoms with Gasteiger partial charge in [-0.25, -0.2) is 14.2 Å². The van der Waals surface area contributed by atoms with Gasteiger partial charge in [0.2, 0.25) is 0 Å². The summed E-state index contributed by atoms with van der Waals surface area (Å²) >= 11 is 1.52. The smallest absolute Gasteiger partial charge is 0.335 e. The highest BCUT2D eigenvalue weighted by Gasteiger charge is 2.10. The molecule has 0 spiro atoms. The molecule has 2 aromatic rings. The number of aromatic carboxylic acids is 1. The van der Waals surface area contributed by atoms with Gasteiger partial charge in [0.25, 0.3) is 0 Å². The second-order valence-electron chi connectivity index (χ2n) is 4.26. The summed E-state index contributed by atoms with van der Waals surface area (Å²) in [5.74, 6) is -1.62. The van der Waals surface area contributed by atoms with Crippen molar-refractivity contribution in [3.05, 3.63) is 51.7 Å². The summed E-state index contributed by atoms with van der Waals surface area (Å²) in [5.41, 5.74) is 3.13. The van der Waals surface area contributed by atoms with Gasteiger partial charge in [0.1, 0.15) is 5.82 Å². The first kappa shape index (κ1) is 13.6. The van der Waals surface area contributed by atoms with E-state index in [1.807, 2.05) is 17.3 Å². The van der Waals surface area contributed by atoms with Gasteiger partial charge in [-0.15, -0.1) is 11.3 Å². The number of carboxylic acid groups (broad SMARTS) is 1. The number of hydrogen-bond donors (Lipinski definition) is 1. The van der Waals surface area contributed by atoms with Crippen molar-refractivity contribution in [3.63, 3.8) is 0 Å². The lowest BCUT2D eigenvalue weighted by molar-refractivity contribution is 0.0696. The molecule has 0 aliphatic heterocycles. The Bertz CT molecular complexity index is 572. The largest absolute Gasteiger partial charge is 0.478 e. The van der Waals surface area contributed by atoms with Gasteiger partial charge < -0.3 is 5.11 Å². The van der Waals surface area contributed by atoms with E-state index in [9.17, 15) is 9.18 Å². The highest BCUT2D eigenvalue weighted by atomic mass is 32.1. The van der Waals surface area contributed by atoms with Crippen LogP contribution in [0.5, 0.6) is 0 Å². The van der Waals surface area contributed by atoms with Gasteiger partial charge in [-0.05, 0) is 19.2 Å². The quantitative estimate of drug-likeness (QED) is 0.914. The lowest BCUT2D eigenvalue weighted by atomic mass is 10.1. The molecule has 0 bridgehead atoms. The number of aromatic nitrogens is 1. The van der Waals surface area contributed by atoms with Crippen LogP contribution in [0.15, 0.2) is 29.1 Å². The van der Waals surface area contributed by atoms with E-state index in [1.54, 1.807) is 5.51 Å². The first-order valence-corrected chi connectivity index (χ1v) is 6.58. The van der Waals surface area contributed by atoms with Crippen molar-refractivity contribution in [3.8, 4) is 0 Å². The maximum absolute atomic E-state index is 13.7. The predicted molar refractivity (Wildman–Crippen MR) is 70.6 cm³/mol. The van der Waals surface area contributed by atoms with Gasteiger partial charge in [-0.3, -0.25) is 4.90 Å². The maximum atomic E-state index is 13.7. The van der Waals surface area contributed by atoms with Crippen LogP contribution in [-0.4, -0.2) is 28.0 Å². The molecule has 2 rings (SSSR count). The summed E-state index contributed by atoms with van der Waals surface area (Å²) in [5, 5.41) is 10.7. The van der Waals surface area contributed by atoms with Crippen molar-refractivity contribution >= 4 is 17.3 Å². The molecule has 0 radical (unpaired) electrons. The van der Waals surface area contributed by atoms with Crippen molar-refractivity contribution in [2.75, 3.05) is 7.05 Å². The number of carbonyl (C=O) groups is 1. The Hall–Kier alpha value is -1.79. The molecule has 1 N–H and O–H groups in total. The zero-order chi connectivity index (χ0) is 13.8. The third-order valence-electron chi connectivity index (χ3n) is 2.66. The Kier molecular flexibility index (Phi) is 4.24. The minimum absolute atomic E-state index is 0.0385. The van der Waals surface area contributed by atoms with E-state index in [0.29, 0.717) is 18.7 Å². The first-order valence-electron chi connectivity index (χ1n) is 5.63. The third-order valence-corrected chi connectivity index (χ3v) is 3.29. The van der Waals surface area contributed by atoms with Gasteiger partial charge in [-0.2, -0.15) is 0 Å². The van der Waals surface area contributed by atoms with Crippen LogP contribution < -0.4 is 0 Å². The minimum Gasteiger partial charge on any atom is -0.478 e. The van der Waals surface area contributed by atoms with E-state index < -0.39 is 11.8 Å². The van der Waals surface area contributed by atoms with Crippen LogP contribution in [0.4, 0.5) is 4.39 Å². The second-order valence-corrected chi connectivity index (χ2v) is 4.98. The topological polar surface area (TPSA) is 53.4 Å². The summed E-state index contributed by atoms with van der Waals surface area (Å²) in [7, 11) is 1.86. The zero-order valence-electron chi connectivity index (χ0n) is 10.3. The molecule has 0 fully saturated rings. The number of halogens is 1. The Labute approximate surface area is 114 Å². The van der Waals surface area contributed by atoms with Crippen molar-refractivity contribution in [2.45, 2.75) is 13.1 Å². The van der Waals surface area contributed by atoms with Gasteiger partial charge in [-0.1, -0.05) is 6.07 Å². The molecule has 0 amide bonds. The van der Waals surface area contributed by atoms with Gasteiger partial charge in [0.15, 0.2) is 0 Å². The van der Waals surface area contributed by atoms with E-state index in [-0.39, 0.29) is 5.56 Å². The molecule has 4 nitrogen and oxygen atoms in total. The molecule has 0 saturated carbocycles. The van der Waals surface area contributed by atoms with Crippen molar-refractivity contribution in [1.82, 2.24) is 9.88 Å². The molecule has 1 aromatic carbocycles. The Balaban J connectivity index is 2.04. The van der Waals surface area contributed by atoms with Crippen molar-refractivity contribution < 1.29 is 14.3 Å². The Morgan fingerprint density at radius 2 is 2.26 bits per heavy atom. The first-order chi connectivity index (χ1) is 9.06. The Morgan fingerprint density at radius 1 is 1.47 bits per heavy atom. The molecule has 1 heterocycles. The number of thiazole rings is 1. The molecule has 0 unspecified atom stereocenters. The van der Waals surface area contributed by atoms with E-state index >= 15 is 0 Å². The fraction of sp³-hybridized carbons (Fsp3) is 0.231. The summed E-state index contributed by atoms with van der Waals surface area (Å²) in [6, 6.07) is 3.97. The van der Waals surface area contributed by atoms with Crippen LogP contribution in [0.1, 0.15) is 21.6 Å². The van der Waals surface area contributed by atoms with Crippen LogP contribution in [0, 0.1) is 5.82 Å². The number of hydrogen-bond acceptors (Lipinski definition) is 4. The average Bonchev–Trinajstić information content (AvgIpc) is 2.84. The van der Waals surface area contributed by atoms with Crippen LogP contribution in [0.2, 0.25) is 0 Å². The SMILES string of the molecule is CN(Cc1cscn1)Cc1ccc(C(=O)O)cc1F. The molecule has 0 atom stereocenters. The average molecular weight is 280 g/mol. The van der Waals surface area contributed by atoms with Crippen LogP contribution in [-0.2, 0) is 13.1 Å². The maximum Gasteiger partial charge on any atom is 0.335 e. The highest BCUT2D eigenvalue weighted by Crippen LogP contribution is 2.14. The summed E-state index contributed by atoms with van der Waals surface area (Å²) in [6.45, 7) is 1.03. The molecular formula is C13H13FN2O2S. The van der Waals surface area contributed by atoms with E-state index in [1.165, 1.54) is 23.5 Å². The number of rotatable bonds is 5. The van der Waals surface area contributed by atoms with Gasteiger partial charge in [0, 0.05) is 24.0 Å². The van der Waals surface area contributed by atoms with Crippen molar-refractivity contribution in [2.24, 2.45) is 0 Å². The van der Waals surface area contributed by atoms with Gasteiger partial charge in [0.05, 0.1) is 16.8 Å². The zero-order valence-corrected chi connectivity index (χ0v) is 11.2. The second kappa shape index (κ2) is 5.90. The molecule has 6 heteroatoms. The third kappa shape index (κ3) is 3.59. The standard InChI is InChI=1S/C13H13FN2O2S/c1-16(6-11-7-19-8-15-11)5-10-3-2-9(13(17)18)4-12(10)14/h2-4,7-8H,5-6H2,1H3,(H,17,18). The number of benzene rings is 1. The minimum atomic E-state index is -1.12. The van der Waals surface area contributed by atoms with E-state index in [2.05, 4.69) is 4.98 Å². The summed E-state index contributed by atoms with van der Waals surface area (Å²) in [4.78, 5) is 16.8. The summed E-state index contributed by atoms with van der Waals surface area (Å²) < 4.78 is 13.7. The normalized spacial score (nSPS) is 10.9. The van der Waals surface area contributed by atoms with Crippen LogP contribution >= 0.6 is 11.3 Å². The Morgan fingerprint density at radius 3 is 2.84 bits per heavy atom. The van der Waals surface area contributed by atoms with E-state index in [0.717, 1.165) is 11.8 Å². The molecular weight excluding hydrogens is 267 g/mol. The molecule has 0 aliphatic carbocycles. The molecule has 19 heavy (non-hydrogen) atoms. The molecule has 100 valence electrons. The fourth-order valence-corrected chi connectivity index (χ4v) is 2.30. The monoisotopic (exact) mass is 280 g/mol. The van der Waals surface area contributed by atoms with E-state index in [4.69, 9.17) is 5.11 Å².